The van der Waals surface area contributed by atoms with E-state index in [9.17, 15) is 0 Å². The zero-order valence-electron chi connectivity index (χ0n) is 15.2. The Morgan fingerprint density at radius 3 is 2.32 bits per heavy atom. The van der Waals surface area contributed by atoms with E-state index in [-0.39, 0.29) is 0 Å². The summed E-state index contributed by atoms with van der Waals surface area (Å²) in [5.74, 6) is 2.57. The van der Waals surface area contributed by atoms with Gasteiger partial charge in [0, 0.05) is 11.8 Å². The summed E-state index contributed by atoms with van der Waals surface area (Å²) < 4.78 is 6.00. The third-order valence-electron chi connectivity index (χ3n) is 4.67. The van der Waals surface area contributed by atoms with Crippen LogP contribution in [0.3, 0.4) is 0 Å². The molecule has 0 radical (unpaired) electrons. The molecule has 0 aliphatic rings. The summed E-state index contributed by atoms with van der Waals surface area (Å²) in [5.41, 5.74) is 4.52. The zero-order chi connectivity index (χ0) is 18.1. The van der Waals surface area contributed by atoms with Gasteiger partial charge in [0.2, 0.25) is 0 Å². The third-order valence-corrected chi connectivity index (χ3v) is 5.26. The van der Waals surface area contributed by atoms with Crippen LogP contribution in [0.5, 0.6) is 5.75 Å². The number of rotatable bonds is 10. The van der Waals surface area contributed by atoms with Crippen molar-refractivity contribution in [3.63, 3.8) is 0 Å². The Bertz CT molecular complexity index is 637. The van der Waals surface area contributed by atoms with Gasteiger partial charge in [0.05, 0.1) is 6.61 Å². The van der Waals surface area contributed by atoms with Crippen LogP contribution in [-0.2, 0) is 11.8 Å². The second-order valence-electron chi connectivity index (χ2n) is 6.51. The van der Waals surface area contributed by atoms with Crippen molar-refractivity contribution in [1.29, 1.82) is 0 Å². The van der Waals surface area contributed by atoms with E-state index in [0.29, 0.717) is 17.7 Å². The number of benzene rings is 2. The third kappa shape index (κ3) is 5.94. The summed E-state index contributed by atoms with van der Waals surface area (Å²) >= 11 is 12.1. The van der Waals surface area contributed by atoms with Gasteiger partial charge in [-0.1, -0.05) is 57.4 Å². The van der Waals surface area contributed by atoms with Gasteiger partial charge in [0.1, 0.15) is 5.75 Å². The van der Waals surface area contributed by atoms with Gasteiger partial charge in [-0.3, -0.25) is 0 Å². The molecule has 0 fully saturated rings. The maximum Gasteiger partial charge on any atom is 0.119 e. The molecule has 0 saturated carbocycles. The lowest BCUT2D eigenvalue weighted by Gasteiger charge is -2.16. The van der Waals surface area contributed by atoms with E-state index in [1.54, 1.807) is 0 Å². The highest BCUT2D eigenvalue weighted by molar-refractivity contribution is 6.18. The number of hydrogen-bond acceptors (Lipinski definition) is 1. The Morgan fingerprint density at radius 2 is 1.72 bits per heavy atom. The number of ether oxygens (including phenoxy) is 1. The molecule has 0 bridgehead atoms. The van der Waals surface area contributed by atoms with E-state index < -0.39 is 0 Å². The molecular formula is C22H28Cl2O. The van der Waals surface area contributed by atoms with Gasteiger partial charge >= 0.3 is 0 Å². The van der Waals surface area contributed by atoms with Crippen molar-refractivity contribution in [2.45, 2.75) is 51.3 Å². The van der Waals surface area contributed by atoms with Gasteiger partial charge in [-0.25, -0.2) is 0 Å². The van der Waals surface area contributed by atoms with Crippen molar-refractivity contribution >= 4 is 23.2 Å². The van der Waals surface area contributed by atoms with Crippen molar-refractivity contribution in [1.82, 2.24) is 0 Å². The quantitative estimate of drug-likeness (QED) is 0.390. The van der Waals surface area contributed by atoms with Gasteiger partial charge in [0.25, 0.3) is 0 Å². The molecule has 0 saturated heterocycles. The zero-order valence-corrected chi connectivity index (χ0v) is 16.7. The SMILES string of the molecule is CCCCC(CC)COc1ccc(-c2cc(CCl)ccc2CCl)cc1. The summed E-state index contributed by atoms with van der Waals surface area (Å²) in [6.07, 6.45) is 4.94. The first kappa shape index (κ1) is 20.1. The summed E-state index contributed by atoms with van der Waals surface area (Å²) in [7, 11) is 0. The molecule has 0 aromatic heterocycles. The predicted octanol–water partition coefficient (Wildman–Crippen LogP) is 7.43. The molecule has 0 aliphatic carbocycles. The average molecular weight is 379 g/mol. The molecule has 2 rings (SSSR count). The van der Waals surface area contributed by atoms with Crippen LogP contribution in [0, 0.1) is 5.92 Å². The Morgan fingerprint density at radius 1 is 0.960 bits per heavy atom. The molecule has 0 heterocycles. The second-order valence-corrected chi connectivity index (χ2v) is 7.05. The molecule has 0 aliphatic heterocycles. The monoisotopic (exact) mass is 378 g/mol. The number of halogens is 2. The van der Waals surface area contributed by atoms with E-state index >= 15 is 0 Å². The van der Waals surface area contributed by atoms with Gasteiger partial charge in [-0.15, -0.1) is 23.2 Å². The van der Waals surface area contributed by atoms with Crippen LogP contribution >= 0.6 is 23.2 Å². The van der Waals surface area contributed by atoms with Gasteiger partial charge in [-0.2, -0.15) is 0 Å². The Hall–Kier alpha value is -1.18. The number of alkyl halides is 2. The summed E-state index contributed by atoms with van der Waals surface area (Å²) in [4.78, 5) is 0. The van der Waals surface area contributed by atoms with Gasteiger partial charge in [-0.05, 0) is 52.8 Å². The highest BCUT2D eigenvalue weighted by Gasteiger charge is 2.09. The van der Waals surface area contributed by atoms with Crippen LogP contribution in [-0.4, -0.2) is 6.61 Å². The highest BCUT2D eigenvalue weighted by atomic mass is 35.5. The van der Waals surface area contributed by atoms with E-state index in [0.717, 1.165) is 34.6 Å². The molecule has 25 heavy (non-hydrogen) atoms. The first-order chi connectivity index (χ1) is 12.2. The number of unbranched alkanes of at least 4 members (excludes halogenated alkanes) is 1. The van der Waals surface area contributed by atoms with Crippen LogP contribution in [0.1, 0.15) is 50.7 Å². The average Bonchev–Trinajstić information content (AvgIpc) is 2.68. The maximum absolute atomic E-state index is 6.09. The maximum atomic E-state index is 6.09. The molecule has 0 spiro atoms. The largest absolute Gasteiger partial charge is 0.493 e. The Labute approximate surface area is 162 Å². The van der Waals surface area contributed by atoms with Crippen molar-refractivity contribution < 1.29 is 4.74 Å². The molecule has 0 amide bonds. The van der Waals surface area contributed by atoms with E-state index in [4.69, 9.17) is 27.9 Å². The molecule has 2 aromatic rings. The predicted molar refractivity (Wildman–Crippen MR) is 110 cm³/mol. The summed E-state index contributed by atoms with van der Waals surface area (Å²) in [6.45, 7) is 5.27. The summed E-state index contributed by atoms with van der Waals surface area (Å²) in [6, 6.07) is 14.5. The second kappa shape index (κ2) is 10.7. The first-order valence-electron chi connectivity index (χ1n) is 9.18. The van der Waals surface area contributed by atoms with Crippen molar-refractivity contribution in [2.75, 3.05) is 6.61 Å². The summed E-state index contributed by atoms with van der Waals surface area (Å²) in [5, 5.41) is 0. The van der Waals surface area contributed by atoms with E-state index in [2.05, 4.69) is 38.1 Å². The van der Waals surface area contributed by atoms with Crippen molar-refractivity contribution in [2.24, 2.45) is 5.92 Å². The molecule has 3 heteroatoms. The van der Waals surface area contributed by atoms with Crippen LogP contribution in [0.2, 0.25) is 0 Å². The highest BCUT2D eigenvalue weighted by Crippen LogP contribution is 2.29. The van der Waals surface area contributed by atoms with Crippen LogP contribution in [0.25, 0.3) is 11.1 Å². The first-order valence-corrected chi connectivity index (χ1v) is 10.3. The van der Waals surface area contributed by atoms with Crippen LogP contribution in [0.15, 0.2) is 42.5 Å². The lowest BCUT2D eigenvalue weighted by atomic mass is 9.98. The number of hydrogen-bond donors (Lipinski definition) is 0. The Kier molecular flexibility index (Phi) is 8.64. The molecule has 1 atom stereocenters. The van der Waals surface area contributed by atoms with Crippen LogP contribution < -0.4 is 4.74 Å². The minimum absolute atomic E-state index is 0.492. The molecule has 0 N–H and O–H groups in total. The van der Waals surface area contributed by atoms with Crippen molar-refractivity contribution in [3.8, 4) is 16.9 Å². The fourth-order valence-corrected chi connectivity index (χ4v) is 3.33. The topological polar surface area (TPSA) is 9.23 Å². The minimum atomic E-state index is 0.492. The lowest BCUT2D eigenvalue weighted by molar-refractivity contribution is 0.233. The molecule has 2 aromatic carbocycles. The smallest absolute Gasteiger partial charge is 0.119 e. The molecule has 136 valence electrons. The lowest BCUT2D eigenvalue weighted by Crippen LogP contribution is -2.11. The molecule has 1 unspecified atom stereocenters. The Balaban J connectivity index is 2.07. The van der Waals surface area contributed by atoms with E-state index in [1.165, 1.54) is 25.7 Å². The normalized spacial score (nSPS) is 12.2. The van der Waals surface area contributed by atoms with Crippen molar-refractivity contribution in [3.05, 3.63) is 53.6 Å². The fraction of sp³-hybridized carbons (Fsp3) is 0.455. The van der Waals surface area contributed by atoms with Gasteiger partial charge < -0.3 is 4.74 Å². The van der Waals surface area contributed by atoms with E-state index in [1.807, 2.05) is 18.2 Å². The molecule has 1 nitrogen and oxygen atoms in total. The molecular weight excluding hydrogens is 351 g/mol. The standard InChI is InChI=1S/C22H28Cl2O/c1-3-5-6-17(4-2)16-25-21-11-9-19(10-12-21)22-13-18(14-23)7-8-20(22)15-24/h7-13,17H,3-6,14-16H2,1-2H3. The minimum Gasteiger partial charge on any atom is -0.493 e. The van der Waals surface area contributed by atoms with Gasteiger partial charge in [0.15, 0.2) is 0 Å². The van der Waals surface area contributed by atoms with Crippen LogP contribution in [0.4, 0.5) is 0 Å². The fourth-order valence-electron chi connectivity index (χ4n) is 2.93.